The molecule has 2 aromatic carbocycles. The zero-order chi connectivity index (χ0) is 16.6. The lowest BCUT2D eigenvalue weighted by Gasteiger charge is -2.12. The minimum absolute atomic E-state index is 0.125. The summed E-state index contributed by atoms with van der Waals surface area (Å²) in [4.78, 5) is 4.71. The molecule has 1 heterocycles. The number of hydrogen-bond acceptors (Lipinski definition) is 2. The van der Waals surface area contributed by atoms with Gasteiger partial charge in [0.05, 0.1) is 5.54 Å². The highest BCUT2D eigenvalue weighted by molar-refractivity contribution is 5.97. The number of rotatable bonds is 2. The molecule has 2 aliphatic rings. The third-order valence-corrected chi connectivity index (χ3v) is 4.69. The lowest BCUT2D eigenvalue weighted by molar-refractivity contribution is 0.279. The Morgan fingerprint density at radius 3 is 2.67 bits per heavy atom. The highest BCUT2D eigenvalue weighted by atomic mass is 16.5. The molecule has 122 valence electrons. The Bertz CT molecular complexity index is 829. The standard InChI is InChI=1S/C22H23NO/c1-22(2)15-24-21(23-22)18-11-7-10-17(14-18)20-13-6-4-9-16-8-3-5-12-19(16)20/h3,5,7-8,10-14H,4,6,9,15H2,1-2H3. The van der Waals surface area contributed by atoms with E-state index in [0.717, 1.165) is 24.3 Å². The van der Waals surface area contributed by atoms with Gasteiger partial charge in [-0.2, -0.15) is 0 Å². The molecule has 24 heavy (non-hydrogen) atoms. The number of benzene rings is 2. The van der Waals surface area contributed by atoms with Gasteiger partial charge in [-0.15, -0.1) is 0 Å². The summed E-state index contributed by atoms with van der Waals surface area (Å²) in [7, 11) is 0. The first-order valence-electron chi connectivity index (χ1n) is 8.74. The molecule has 2 heteroatoms. The van der Waals surface area contributed by atoms with Crippen molar-refractivity contribution in [2.75, 3.05) is 6.61 Å². The molecular formula is C22H23NO. The number of fused-ring (bicyclic) bond motifs is 1. The van der Waals surface area contributed by atoms with Crippen molar-refractivity contribution in [1.29, 1.82) is 0 Å². The molecule has 0 amide bonds. The number of hydrogen-bond donors (Lipinski definition) is 0. The quantitative estimate of drug-likeness (QED) is 0.763. The van der Waals surface area contributed by atoms with Gasteiger partial charge in [0.25, 0.3) is 0 Å². The van der Waals surface area contributed by atoms with Crippen LogP contribution in [0.1, 0.15) is 48.9 Å². The number of aliphatic imine (C=N–C) groups is 1. The monoisotopic (exact) mass is 317 g/mol. The van der Waals surface area contributed by atoms with E-state index in [1.54, 1.807) is 0 Å². The highest BCUT2D eigenvalue weighted by Crippen LogP contribution is 2.32. The first-order valence-corrected chi connectivity index (χ1v) is 8.74. The molecule has 0 saturated heterocycles. The minimum Gasteiger partial charge on any atom is -0.475 e. The summed E-state index contributed by atoms with van der Waals surface area (Å²) < 4.78 is 5.82. The van der Waals surface area contributed by atoms with E-state index in [1.165, 1.54) is 28.7 Å². The first kappa shape index (κ1) is 15.2. The molecule has 0 unspecified atom stereocenters. The zero-order valence-corrected chi connectivity index (χ0v) is 14.4. The molecule has 0 atom stereocenters. The van der Waals surface area contributed by atoms with E-state index in [-0.39, 0.29) is 5.54 Å². The Morgan fingerprint density at radius 2 is 1.83 bits per heavy atom. The Hall–Kier alpha value is -2.35. The maximum atomic E-state index is 5.82. The Labute approximate surface area is 143 Å². The van der Waals surface area contributed by atoms with Crippen LogP contribution < -0.4 is 0 Å². The third kappa shape index (κ3) is 2.89. The van der Waals surface area contributed by atoms with Crippen molar-refractivity contribution in [3.63, 3.8) is 0 Å². The second-order valence-corrected chi connectivity index (χ2v) is 7.27. The molecule has 0 fully saturated rings. The maximum Gasteiger partial charge on any atom is 0.216 e. The van der Waals surface area contributed by atoms with E-state index in [2.05, 4.69) is 68.5 Å². The van der Waals surface area contributed by atoms with Crippen LogP contribution >= 0.6 is 0 Å². The van der Waals surface area contributed by atoms with Gasteiger partial charge in [-0.1, -0.05) is 42.5 Å². The second-order valence-electron chi connectivity index (χ2n) is 7.27. The molecule has 0 radical (unpaired) electrons. The molecule has 0 aromatic heterocycles. The maximum absolute atomic E-state index is 5.82. The molecule has 0 spiro atoms. The molecule has 2 nitrogen and oxygen atoms in total. The fraction of sp³-hybridized carbons (Fsp3) is 0.318. The molecule has 4 rings (SSSR count). The Morgan fingerprint density at radius 1 is 1.00 bits per heavy atom. The summed E-state index contributed by atoms with van der Waals surface area (Å²) >= 11 is 0. The summed E-state index contributed by atoms with van der Waals surface area (Å²) in [5.74, 6) is 0.768. The van der Waals surface area contributed by atoms with Crippen LogP contribution in [0.3, 0.4) is 0 Å². The minimum atomic E-state index is -0.125. The van der Waals surface area contributed by atoms with Gasteiger partial charge in [-0.3, -0.25) is 0 Å². The van der Waals surface area contributed by atoms with Crippen LogP contribution in [0.5, 0.6) is 0 Å². The van der Waals surface area contributed by atoms with Crippen LogP contribution in [0.25, 0.3) is 5.57 Å². The van der Waals surface area contributed by atoms with Crippen LogP contribution in [0.4, 0.5) is 0 Å². The van der Waals surface area contributed by atoms with E-state index in [0.29, 0.717) is 6.61 Å². The van der Waals surface area contributed by atoms with Crippen molar-refractivity contribution in [3.8, 4) is 0 Å². The van der Waals surface area contributed by atoms with Crippen LogP contribution in [0.15, 0.2) is 59.6 Å². The lowest BCUT2D eigenvalue weighted by atomic mass is 9.93. The molecule has 0 saturated carbocycles. The largest absolute Gasteiger partial charge is 0.475 e. The van der Waals surface area contributed by atoms with Crippen LogP contribution in [0.2, 0.25) is 0 Å². The van der Waals surface area contributed by atoms with Crippen molar-refractivity contribution in [3.05, 3.63) is 76.9 Å². The van der Waals surface area contributed by atoms with Gasteiger partial charge in [-0.05, 0) is 67.5 Å². The van der Waals surface area contributed by atoms with Crippen LogP contribution in [0, 0.1) is 0 Å². The number of aryl methyl sites for hydroxylation is 1. The normalized spacial score (nSPS) is 18.9. The van der Waals surface area contributed by atoms with E-state index in [1.807, 2.05) is 0 Å². The fourth-order valence-corrected chi connectivity index (χ4v) is 3.48. The number of nitrogens with zero attached hydrogens (tertiary/aromatic N) is 1. The fourth-order valence-electron chi connectivity index (χ4n) is 3.48. The molecule has 1 aliphatic carbocycles. The van der Waals surface area contributed by atoms with Crippen LogP contribution in [-0.2, 0) is 11.2 Å². The van der Waals surface area contributed by atoms with E-state index in [4.69, 9.17) is 9.73 Å². The topological polar surface area (TPSA) is 21.6 Å². The predicted molar refractivity (Wildman–Crippen MR) is 99.5 cm³/mol. The second kappa shape index (κ2) is 5.94. The molecule has 0 N–H and O–H groups in total. The van der Waals surface area contributed by atoms with Crippen molar-refractivity contribution >= 4 is 11.5 Å². The summed E-state index contributed by atoms with van der Waals surface area (Å²) in [6.45, 7) is 4.86. The van der Waals surface area contributed by atoms with Gasteiger partial charge >= 0.3 is 0 Å². The first-order chi connectivity index (χ1) is 11.6. The summed E-state index contributed by atoms with van der Waals surface area (Å²) in [6.07, 6.45) is 5.87. The predicted octanol–water partition coefficient (Wildman–Crippen LogP) is 5.01. The summed E-state index contributed by atoms with van der Waals surface area (Å²) in [6, 6.07) is 17.4. The van der Waals surface area contributed by atoms with E-state index >= 15 is 0 Å². The number of ether oxygens (including phenoxy) is 1. The van der Waals surface area contributed by atoms with E-state index in [9.17, 15) is 0 Å². The summed E-state index contributed by atoms with van der Waals surface area (Å²) in [5, 5.41) is 0. The molecule has 2 aromatic rings. The smallest absolute Gasteiger partial charge is 0.216 e. The van der Waals surface area contributed by atoms with Gasteiger partial charge in [0.1, 0.15) is 6.61 Å². The van der Waals surface area contributed by atoms with Gasteiger partial charge in [0, 0.05) is 5.56 Å². The van der Waals surface area contributed by atoms with E-state index < -0.39 is 0 Å². The van der Waals surface area contributed by atoms with Crippen molar-refractivity contribution in [2.45, 2.75) is 38.6 Å². The zero-order valence-electron chi connectivity index (χ0n) is 14.4. The van der Waals surface area contributed by atoms with Gasteiger partial charge in [0.15, 0.2) is 0 Å². The van der Waals surface area contributed by atoms with Crippen molar-refractivity contribution in [1.82, 2.24) is 0 Å². The van der Waals surface area contributed by atoms with Crippen molar-refractivity contribution < 1.29 is 4.74 Å². The van der Waals surface area contributed by atoms with Gasteiger partial charge in [-0.25, -0.2) is 4.99 Å². The Balaban J connectivity index is 1.76. The average molecular weight is 317 g/mol. The summed E-state index contributed by atoms with van der Waals surface area (Å²) in [5.41, 5.74) is 6.34. The Kier molecular flexibility index (Phi) is 3.76. The molecular weight excluding hydrogens is 294 g/mol. The van der Waals surface area contributed by atoms with Crippen molar-refractivity contribution in [2.24, 2.45) is 4.99 Å². The third-order valence-electron chi connectivity index (χ3n) is 4.69. The molecule has 0 bridgehead atoms. The number of allylic oxidation sites excluding steroid dienone is 1. The van der Waals surface area contributed by atoms with Gasteiger partial charge < -0.3 is 4.74 Å². The van der Waals surface area contributed by atoms with Gasteiger partial charge in [0.2, 0.25) is 5.90 Å². The molecule has 1 aliphatic heterocycles. The average Bonchev–Trinajstić information content (AvgIpc) is 2.82. The lowest BCUT2D eigenvalue weighted by Crippen LogP contribution is -2.17. The highest BCUT2D eigenvalue weighted by Gasteiger charge is 2.27. The van der Waals surface area contributed by atoms with Crippen LogP contribution in [-0.4, -0.2) is 18.0 Å². The SMILES string of the molecule is CC1(C)COC(c2cccc(C3=CCCCc4ccccc43)c2)=N1.